The summed E-state index contributed by atoms with van der Waals surface area (Å²) in [7, 11) is 0. The number of hydrogen-bond acceptors (Lipinski definition) is 4. The van der Waals surface area contributed by atoms with Crippen LogP contribution in [0.3, 0.4) is 0 Å². The predicted octanol–water partition coefficient (Wildman–Crippen LogP) is 3.40. The molecule has 0 saturated carbocycles. The van der Waals surface area contributed by atoms with E-state index in [0.717, 1.165) is 46.2 Å². The van der Waals surface area contributed by atoms with Crippen LogP contribution in [0.2, 0.25) is 0 Å². The topological polar surface area (TPSA) is 55.1 Å². The van der Waals surface area contributed by atoms with E-state index in [1.165, 1.54) is 0 Å². The van der Waals surface area contributed by atoms with Gasteiger partial charge in [-0.2, -0.15) is 9.61 Å². The van der Waals surface area contributed by atoms with Gasteiger partial charge in [-0.1, -0.05) is 6.07 Å². The Bertz CT molecular complexity index is 850. The molecule has 5 heteroatoms. The van der Waals surface area contributed by atoms with Crippen molar-refractivity contribution >= 4 is 11.5 Å². The molecule has 0 aromatic carbocycles. The zero-order valence-corrected chi connectivity index (χ0v) is 14.4. The summed E-state index contributed by atoms with van der Waals surface area (Å²) in [5.74, 6) is 0.976. The fourth-order valence-corrected chi connectivity index (χ4v) is 2.78. The van der Waals surface area contributed by atoms with E-state index < -0.39 is 0 Å². The van der Waals surface area contributed by atoms with Gasteiger partial charge in [-0.3, -0.25) is 4.98 Å². The Morgan fingerprint density at radius 3 is 2.61 bits per heavy atom. The summed E-state index contributed by atoms with van der Waals surface area (Å²) in [5.41, 5.74) is 6.20. The van der Waals surface area contributed by atoms with E-state index in [-0.39, 0.29) is 6.04 Å². The van der Waals surface area contributed by atoms with Crippen LogP contribution in [0, 0.1) is 27.7 Å². The first-order chi connectivity index (χ1) is 10.9. The maximum atomic E-state index is 4.61. The lowest BCUT2D eigenvalue weighted by Gasteiger charge is -2.16. The molecule has 5 nitrogen and oxygen atoms in total. The van der Waals surface area contributed by atoms with Crippen LogP contribution in [0.15, 0.2) is 24.3 Å². The van der Waals surface area contributed by atoms with Gasteiger partial charge in [0.15, 0.2) is 5.65 Å². The molecular formula is C18H23N5. The van der Waals surface area contributed by atoms with Crippen LogP contribution in [0.5, 0.6) is 0 Å². The summed E-state index contributed by atoms with van der Waals surface area (Å²) in [6.45, 7) is 10.3. The Morgan fingerprint density at radius 2 is 1.87 bits per heavy atom. The van der Waals surface area contributed by atoms with E-state index in [0.29, 0.717) is 0 Å². The van der Waals surface area contributed by atoms with Gasteiger partial charge in [0.05, 0.1) is 5.69 Å². The van der Waals surface area contributed by atoms with Crippen LogP contribution in [0.25, 0.3) is 5.65 Å². The van der Waals surface area contributed by atoms with Crippen molar-refractivity contribution in [3.63, 3.8) is 0 Å². The van der Waals surface area contributed by atoms with Gasteiger partial charge >= 0.3 is 0 Å². The minimum absolute atomic E-state index is 0.249. The fraction of sp³-hybridized carbons (Fsp3) is 0.389. The highest BCUT2D eigenvalue weighted by molar-refractivity contribution is 5.56. The Balaban J connectivity index is 1.87. The van der Waals surface area contributed by atoms with Gasteiger partial charge in [0, 0.05) is 41.2 Å². The minimum atomic E-state index is 0.249. The van der Waals surface area contributed by atoms with Crippen molar-refractivity contribution in [1.82, 2.24) is 19.6 Å². The third-order valence-electron chi connectivity index (χ3n) is 4.04. The highest BCUT2D eigenvalue weighted by Crippen LogP contribution is 2.19. The second-order valence-electron chi connectivity index (χ2n) is 6.25. The molecule has 0 aliphatic rings. The van der Waals surface area contributed by atoms with Crippen LogP contribution in [0.1, 0.15) is 35.3 Å². The molecule has 23 heavy (non-hydrogen) atoms. The highest BCUT2D eigenvalue weighted by Gasteiger charge is 2.13. The number of hydrogen-bond donors (Lipinski definition) is 1. The van der Waals surface area contributed by atoms with Crippen LogP contribution in [0.4, 0.5) is 5.82 Å². The first kappa shape index (κ1) is 15.5. The molecule has 0 fully saturated rings. The summed E-state index contributed by atoms with van der Waals surface area (Å²) in [4.78, 5) is 9.19. The first-order valence-electron chi connectivity index (χ1n) is 7.96. The van der Waals surface area contributed by atoms with Crippen LogP contribution in [-0.2, 0) is 6.42 Å². The van der Waals surface area contributed by atoms with Crippen molar-refractivity contribution in [3.8, 4) is 0 Å². The highest BCUT2D eigenvalue weighted by atomic mass is 15.3. The van der Waals surface area contributed by atoms with E-state index in [4.69, 9.17) is 0 Å². The molecule has 1 atom stereocenters. The van der Waals surface area contributed by atoms with Crippen molar-refractivity contribution in [2.75, 3.05) is 5.32 Å². The number of anilines is 1. The Kier molecular flexibility index (Phi) is 4.03. The van der Waals surface area contributed by atoms with Gasteiger partial charge in [0.2, 0.25) is 0 Å². The molecule has 0 saturated heterocycles. The molecule has 0 spiro atoms. The molecule has 0 amide bonds. The monoisotopic (exact) mass is 309 g/mol. The van der Waals surface area contributed by atoms with E-state index in [1.54, 1.807) is 0 Å². The summed E-state index contributed by atoms with van der Waals surface area (Å²) >= 11 is 0. The zero-order chi connectivity index (χ0) is 16.6. The summed E-state index contributed by atoms with van der Waals surface area (Å²) < 4.78 is 1.90. The SMILES string of the molecule is Cc1cccc(C[C@@H](C)Nc2cc(C)nc3c(C)c(C)nn23)n1. The lowest BCUT2D eigenvalue weighted by atomic mass is 10.1. The number of fused-ring (bicyclic) bond motifs is 1. The number of rotatable bonds is 4. The molecule has 0 radical (unpaired) electrons. The van der Waals surface area contributed by atoms with Crippen LogP contribution >= 0.6 is 0 Å². The van der Waals surface area contributed by atoms with Crippen LogP contribution in [-0.4, -0.2) is 25.6 Å². The lowest BCUT2D eigenvalue weighted by Crippen LogP contribution is -2.21. The minimum Gasteiger partial charge on any atom is -0.367 e. The first-order valence-corrected chi connectivity index (χ1v) is 7.96. The predicted molar refractivity (Wildman–Crippen MR) is 93.0 cm³/mol. The van der Waals surface area contributed by atoms with E-state index in [9.17, 15) is 0 Å². The molecule has 3 heterocycles. The Morgan fingerprint density at radius 1 is 1.09 bits per heavy atom. The number of nitrogens with zero attached hydrogens (tertiary/aromatic N) is 4. The van der Waals surface area contributed by atoms with E-state index in [2.05, 4.69) is 46.4 Å². The molecule has 3 aromatic rings. The Labute approximate surface area is 136 Å². The van der Waals surface area contributed by atoms with E-state index >= 15 is 0 Å². The maximum Gasteiger partial charge on any atom is 0.160 e. The number of aromatic nitrogens is 4. The smallest absolute Gasteiger partial charge is 0.160 e. The number of aryl methyl sites for hydroxylation is 4. The van der Waals surface area contributed by atoms with Gasteiger partial charge in [0.1, 0.15) is 5.82 Å². The molecular weight excluding hydrogens is 286 g/mol. The fourth-order valence-electron chi connectivity index (χ4n) is 2.78. The standard InChI is InChI=1S/C18H23N5/c1-11-7-6-8-16(19-11)9-12(2)20-17-10-13(3)21-18-14(4)15(5)22-23(17)18/h6-8,10,12,20H,9H2,1-5H3/t12-/m1/s1. The van der Waals surface area contributed by atoms with Crippen molar-refractivity contribution < 1.29 is 0 Å². The van der Waals surface area contributed by atoms with Gasteiger partial charge in [-0.05, 0) is 46.8 Å². The van der Waals surface area contributed by atoms with Crippen molar-refractivity contribution in [1.29, 1.82) is 0 Å². The quantitative estimate of drug-likeness (QED) is 0.802. The average Bonchev–Trinajstić information content (AvgIpc) is 2.75. The summed E-state index contributed by atoms with van der Waals surface area (Å²) in [5, 5.41) is 8.16. The van der Waals surface area contributed by atoms with Crippen molar-refractivity contribution in [2.24, 2.45) is 0 Å². The van der Waals surface area contributed by atoms with Gasteiger partial charge in [-0.15, -0.1) is 0 Å². The summed E-state index contributed by atoms with van der Waals surface area (Å²) in [6, 6.07) is 8.44. The lowest BCUT2D eigenvalue weighted by molar-refractivity contribution is 0.750. The van der Waals surface area contributed by atoms with E-state index in [1.807, 2.05) is 37.4 Å². The average molecular weight is 309 g/mol. The van der Waals surface area contributed by atoms with Crippen LogP contribution < -0.4 is 5.32 Å². The van der Waals surface area contributed by atoms with Gasteiger partial charge in [-0.25, -0.2) is 4.98 Å². The third kappa shape index (κ3) is 3.18. The van der Waals surface area contributed by atoms with Gasteiger partial charge < -0.3 is 5.32 Å². The largest absolute Gasteiger partial charge is 0.367 e. The number of pyridine rings is 1. The molecule has 0 bridgehead atoms. The zero-order valence-electron chi connectivity index (χ0n) is 14.4. The summed E-state index contributed by atoms with van der Waals surface area (Å²) in [6.07, 6.45) is 0.865. The van der Waals surface area contributed by atoms with Crippen molar-refractivity contribution in [3.05, 3.63) is 52.6 Å². The molecule has 0 aliphatic heterocycles. The molecule has 1 N–H and O–H groups in total. The Hall–Kier alpha value is -2.43. The third-order valence-corrected chi connectivity index (χ3v) is 4.04. The molecule has 120 valence electrons. The second-order valence-corrected chi connectivity index (χ2v) is 6.25. The normalized spacial score (nSPS) is 12.6. The molecule has 3 rings (SSSR count). The second kappa shape index (κ2) is 5.99. The molecule has 0 unspecified atom stereocenters. The number of nitrogens with one attached hydrogen (secondary N) is 1. The van der Waals surface area contributed by atoms with Gasteiger partial charge in [0.25, 0.3) is 0 Å². The van der Waals surface area contributed by atoms with Crippen molar-refractivity contribution in [2.45, 2.75) is 47.1 Å². The molecule has 3 aromatic heterocycles. The molecule has 0 aliphatic carbocycles. The maximum absolute atomic E-state index is 4.61.